The molecule has 112 valence electrons. The quantitative estimate of drug-likeness (QED) is 0.807. The molecule has 0 aliphatic heterocycles. The normalized spacial score (nSPS) is 18.6. The zero-order valence-corrected chi connectivity index (χ0v) is 13.1. The molecule has 2 heteroatoms. The van der Waals surface area contributed by atoms with Gasteiger partial charge in [-0.05, 0) is 55.0 Å². The van der Waals surface area contributed by atoms with E-state index in [0.29, 0.717) is 5.92 Å². The largest absolute Gasteiger partial charge is 0.496 e. The Bertz CT molecular complexity index is 408. The molecular formula is C18H28O2. The number of benzene rings is 1. The number of methoxy groups -OCH3 is 1. The molecule has 1 unspecified atom stereocenters. The smallest absolute Gasteiger partial charge is 0.124 e. The zero-order valence-electron chi connectivity index (χ0n) is 13.1. The molecular weight excluding hydrogens is 248 g/mol. The maximum atomic E-state index is 10.5. The van der Waals surface area contributed by atoms with Gasteiger partial charge in [-0.25, -0.2) is 0 Å². The maximum absolute atomic E-state index is 10.5. The molecule has 20 heavy (non-hydrogen) atoms. The van der Waals surface area contributed by atoms with Crippen molar-refractivity contribution < 1.29 is 9.84 Å². The van der Waals surface area contributed by atoms with E-state index in [-0.39, 0.29) is 6.10 Å². The van der Waals surface area contributed by atoms with E-state index in [0.717, 1.165) is 28.9 Å². The minimum absolute atomic E-state index is 0.332. The first-order valence-electron chi connectivity index (χ1n) is 7.95. The molecule has 2 nitrogen and oxygen atoms in total. The summed E-state index contributed by atoms with van der Waals surface area (Å²) in [6.45, 7) is 4.10. The van der Waals surface area contributed by atoms with E-state index >= 15 is 0 Å². The van der Waals surface area contributed by atoms with E-state index in [2.05, 4.69) is 12.1 Å². The van der Waals surface area contributed by atoms with Crippen LogP contribution in [0.5, 0.6) is 5.75 Å². The molecule has 0 amide bonds. The van der Waals surface area contributed by atoms with Crippen LogP contribution in [-0.4, -0.2) is 12.2 Å². The molecule has 1 aromatic carbocycles. The van der Waals surface area contributed by atoms with E-state index in [1.807, 2.05) is 13.8 Å². The van der Waals surface area contributed by atoms with Crippen LogP contribution in [0.1, 0.15) is 67.7 Å². The topological polar surface area (TPSA) is 29.5 Å². The van der Waals surface area contributed by atoms with Gasteiger partial charge in [-0.2, -0.15) is 0 Å². The Kier molecular flexibility index (Phi) is 5.47. The second-order valence-corrected chi connectivity index (χ2v) is 6.30. The number of aliphatic hydroxyl groups is 1. The summed E-state index contributed by atoms with van der Waals surface area (Å²) in [6, 6.07) is 4.15. The van der Waals surface area contributed by atoms with Crippen LogP contribution in [0.4, 0.5) is 0 Å². The Balaban J connectivity index is 2.06. The Labute approximate surface area is 123 Å². The van der Waals surface area contributed by atoms with E-state index in [4.69, 9.17) is 4.74 Å². The average Bonchev–Trinajstić information content (AvgIpc) is 2.67. The number of ether oxygens (including phenoxy) is 1. The Morgan fingerprint density at radius 3 is 2.15 bits per heavy atom. The van der Waals surface area contributed by atoms with Gasteiger partial charge in [0.25, 0.3) is 0 Å². The van der Waals surface area contributed by atoms with Gasteiger partial charge in [0.2, 0.25) is 0 Å². The van der Waals surface area contributed by atoms with Crippen molar-refractivity contribution in [2.75, 3.05) is 7.11 Å². The zero-order chi connectivity index (χ0) is 14.5. The van der Waals surface area contributed by atoms with Crippen LogP contribution in [0.3, 0.4) is 0 Å². The van der Waals surface area contributed by atoms with Gasteiger partial charge in [0.05, 0.1) is 13.2 Å². The van der Waals surface area contributed by atoms with Crippen LogP contribution in [-0.2, 0) is 0 Å². The van der Waals surface area contributed by atoms with Gasteiger partial charge in [0.15, 0.2) is 0 Å². The van der Waals surface area contributed by atoms with Crippen LogP contribution in [0.25, 0.3) is 0 Å². The second-order valence-electron chi connectivity index (χ2n) is 6.30. The number of rotatable bonds is 4. The summed E-state index contributed by atoms with van der Waals surface area (Å²) < 4.78 is 5.40. The Hall–Kier alpha value is -1.02. The number of aryl methyl sites for hydroxylation is 2. The fourth-order valence-corrected chi connectivity index (χ4v) is 3.55. The van der Waals surface area contributed by atoms with Crippen LogP contribution in [0.2, 0.25) is 0 Å². The third-order valence-electron chi connectivity index (χ3n) is 4.60. The molecule has 1 aromatic rings. The van der Waals surface area contributed by atoms with Crippen molar-refractivity contribution in [1.29, 1.82) is 0 Å². The van der Waals surface area contributed by atoms with Gasteiger partial charge in [-0.3, -0.25) is 0 Å². The highest BCUT2D eigenvalue weighted by molar-refractivity contribution is 5.43. The van der Waals surface area contributed by atoms with Crippen molar-refractivity contribution in [3.8, 4) is 5.75 Å². The Morgan fingerprint density at radius 1 is 1.10 bits per heavy atom. The first-order chi connectivity index (χ1) is 9.61. The van der Waals surface area contributed by atoms with Crippen LogP contribution in [0.15, 0.2) is 12.1 Å². The molecule has 2 rings (SSSR count). The molecule has 0 saturated heterocycles. The lowest BCUT2D eigenvalue weighted by molar-refractivity contribution is 0.139. The fraction of sp³-hybridized carbons (Fsp3) is 0.667. The minimum atomic E-state index is -0.332. The lowest BCUT2D eigenvalue weighted by Crippen LogP contribution is -2.08. The van der Waals surface area contributed by atoms with Crippen molar-refractivity contribution in [2.24, 2.45) is 5.92 Å². The average molecular weight is 276 g/mol. The monoisotopic (exact) mass is 276 g/mol. The Morgan fingerprint density at radius 2 is 1.65 bits per heavy atom. The molecule has 0 radical (unpaired) electrons. The van der Waals surface area contributed by atoms with E-state index in [9.17, 15) is 5.11 Å². The molecule has 1 fully saturated rings. The van der Waals surface area contributed by atoms with Crippen LogP contribution >= 0.6 is 0 Å². The van der Waals surface area contributed by atoms with Crippen molar-refractivity contribution in [1.82, 2.24) is 0 Å². The van der Waals surface area contributed by atoms with Crippen molar-refractivity contribution in [3.63, 3.8) is 0 Å². The van der Waals surface area contributed by atoms with Gasteiger partial charge < -0.3 is 9.84 Å². The standard InChI is InChI=1S/C18H28O2/c1-13-10-16(11-14(2)18(13)20-3)17(19)12-15-8-6-4-5-7-9-15/h10-11,15,17,19H,4-9,12H2,1-3H3. The number of hydrogen-bond acceptors (Lipinski definition) is 2. The first kappa shape index (κ1) is 15.4. The summed E-state index contributed by atoms with van der Waals surface area (Å²) in [4.78, 5) is 0. The van der Waals surface area contributed by atoms with Gasteiger partial charge in [0, 0.05) is 0 Å². The summed E-state index contributed by atoms with van der Waals surface area (Å²) in [5.41, 5.74) is 3.27. The minimum Gasteiger partial charge on any atom is -0.496 e. The fourth-order valence-electron chi connectivity index (χ4n) is 3.55. The van der Waals surface area contributed by atoms with Gasteiger partial charge in [-0.15, -0.1) is 0 Å². The molecule has 1 aliphatic carbocycles. The predicted molar refractivity (Wildman–Crippen MR) is 83.2 cm³/mol. The first-order valence-corrected chi connectivity index (χ1v) is 7.95. The molecule has 1 saturated carbocycles. The van der Waals surface area contributed by atoms with E-state index in [1.54, 1.807) is 7.11 Å². The number of hydrogen-bond donors (Lipinski definition) is 1. The summed E-state index contributed by atoms with van der Waals surface area (Å²) in [7, 11) is 1.71. The molecule has 0 bridgehead atoms. The van der Waals surface area contributed by atoms with Gasteiger partial charge in [0.1, 0.15) is 5.75 Å². The highest BCUT2D eigenvalue weighted by Gasteiger charge is 2.19. The van der Waals surface area contributed by atoms with Crippen molar-refractivity contribution >= 4 is 0 Å². The molecule has 0 heterocycles. The van der Waals surface area contributed by atoms with E-state index < -0.39 is 0 Å². The molecule has 0 aromatic heterocycles. The maximum Gasteiger partial charge on any atom is 0.124 e. The van der Waals surface area contributed by atoms with Crippen molar-refractivity contribution in [2.45, 2.75) is 64.9 Å². The highest BCUT2D eigenvalue weighted by Crippen LogP contribution is 2.33. The second kappa shape index (κ2) is 7.12. The summed E-state index contributed by atoms with van der Waals surface area (Å²) in [6.07, 6.45) is 8.54. The SMILES string of the molecule is COc1c(C)cc(C(O)CC2CCCCCC2)cc1C. The summed E-state index contributed by atoms with van der Waals surface area (Å²) in [5.74, 6) is 1.63. The third kappa shape index (κ3) is 3.76. The van der Waals surface area contributed by atoms with Gasteiger partial charge >= 0.3 is 0 Å². The summed E-state index contributed by atoms with van der Waals surface area (Å²) >= 11 is 0. The van der Waals surface area contributed by atoms with Gasteiger partial charge in [-0.1, -0.05) is 38.5 Å². The highest BCUT2D eigenvalue weighted by atomic mass is 16.5. The number of aliphatic hydroxyl groups excluding tert-OH is 1. The van der Waals surface area contributed by atoms with E-state index in [1.165, 1.54) is 38.5 Å². The van der Waals surface area contributed by atoms with Crippen molar-refractivity contribution in [3.05, 3.63) is 28.8 Å². The summed E-state index contributed by atoms with van der Waals surface area (Å²) in [5, 5.41) is 10.5. The third-order valence-corrected chi connectivity index (χ3v) is 4.60. The van der Waals surface area contributed by atoms with Crippen LogP contribution < -0.4 is 4.74 Å². The molecule has 1 aliphatic rings. The lowest BCUT2D eigenvalue weighted by Gasteiger charge is -2.20. The molecule has 1 N–H and O–H groups in total. The molecule has 0 spiro atoms. The molecule has 1 atom stereocenters. The predicted octanol–water partition coefficient (Wildman–Crippen LogP) is 4.71. The van der Waals surface area contributed by atoms with Crippen LogP contribution in [0, 0.1) is 19.8 Å². The lowest BCUT2D eigenvalue weighted by atomic mass is 9.90.